The van der Waals surface area contributed by atoms with E-state index in [1.54, 1.807) is 0 Å². The zero-order chi connectivity index (χ0) is 14.5. The summed E-state index contributed by atoms with van der Waals surface area (Å²) >= 11 is 5.64. The normalized spacial score (nSPS) is 10.3. The Morgan fingerprint density at radius 2 is 1.80 bits per heavy atom. The molecule has 0 aliphatic heterocycles. The second-order valence-electron chi connectivity index (χ2n) is 4.33. The van der Waals surface area contributed by atoms with Gasteiger partial charge in [-0.05, 0) is 29.3 Å². The van der Waals surface area contributed by atoms with Crippen LogP contribution in [-0.2, 0) is 13.1 Å². The van der Waals surface area contributed by atoms with Crippen molar-refractivity contribution in [2.75, 3.05) is 0 Å². The first-order chi connectivity index (χ1) is 9.60. The minimum Gasteiger partial charge on any atom is -0.348 e. The number of nitrogens with two attached hydrogens (primary N) is 1. The van der Waals surface area contributed by atoms with Crippen molar-refractivity contribution in [2.45, 2.75) is 13.1 Å². The highest BCUT2D eigenvalue weighted by Crippen LogP contribution is 2.16. The molecule has 0 heterocycles. The lowest BCUT2D eigenvalue weighted by Crippen LogP contribution is -2.22. The van der Waals surface area contributed by atoms with E-state index in [2.05, 4.69) is 5.32 Å². The third-order valence-electron chi connectivity index (χ3n) is 2.89. The van der Waals surface area contributed by atoms with Crippen LogP contribution in [0.5, 0.6) is 0 Å². The Hall–Kier alpha value is -1.91. The van der Waals surface area contributed by atoms with E-state index >= 15 is 0 Å². The molecule has 0 aliphatic carbocycles. The summed E-state index contributed by atoms with van der Waals surface area (Å²) < 4.78 is 13.0. The third kappa shape index (κ3) is 3.56. The predicted octanol–water partition coefficient (Wildman–Crippen LogP) is 2.87. The largest absolute Gasteiger partial charge is 0.348 e. The SMILES string of the molecule is NCc1ccc(CNC(=O)c2ccc(F)c(Cl)c2)cc1. The van der Waals surface area contributed by atoms with E-state index in [0.29, 0.717) is 18.7 Å². The Morgan fingerprint density at radius 3 is 2.40 bits per heavy atom. The minimum absolute atomic E-state index is 0.0649. The van der Waals surface area contributed by atoms with Gasteiger partial charge in [0.15, 0.2) is 0 Å². The fraction of sp³-hybridized carbons (Fsp3) is 0.133. The van der Waals surface area contributed by atoms with Crippen molar-refractivity contribution in [3.8, 4) is 0 Å². The summed E-state index contributed by atoms with van der Waals surface area (Å²) in [5.74, 6) is -0.838. The van der Waals surface area contributed by atoms with Gasteiger partial charge in [-0.1, -0.05) is 35.9 Å². The minimum atomic E-state index is -0.541. The first kappa shape index (κ1) is 14.5. The molecule has 0 radical (unpaired) electrons. The molecule has 2 aromatic carbocycles. The van der Waals surface area contributed by atoms with Gasteiger partial charge in [-0.3, -0.25) is 4.79 Å². The fourth-order valence-corrected chi connectivity index (χ4v) is 1.90. The van der Waals surface area contributed by atoms with E-state index in [9.17, 15) is 9.18 Å². The van der Waals surface area contributed by atoms with Crippen LogP contribution in [-0.4, -0.2) is 5.91 Å². The van der Waals surface area contributed by atoms with Crippen molar-refractivity contribution in [3.63, 3.8) is 0 Å². The van der Waals surface area contributed by atoms with Gasteiger partial charge in [0.2, 0.25) is 0 Å². The van der Waals surface area contributed by atoms with E-state index < -0.39 is 5.82 Å². The van der Waals surface area contributed by atoms with Crippen LogP contribution in [0.3, 0.4) is 0 Å². The first-order valence-corrected chi connectivity index (χ1v) is 6.49. The Labute approximate surface area is 121 Å². The third-order valence-corrected chi connectivity index (χ3v) is 3.18. The maximum Gasteiger partial charge on any atom is 0.251 e. The van der Waals surface area contributed by atoms with Crippen molar-refractivity contribution in [3.05, 3.63) is 70.0 Å². The fourth-order valence-electron chi connectivity index (χ4n) is 1.71. The van der Waals surface area contributed by atoms with Gasteiger partial charge in [-0.15, -0.1) is 0 Å². The average molecular weight is 293 g/mol. The highest BCUT2D eigenvalue weighted by atomic mass is 35.5. The van der Waals surface area contributed by atoms with E-state index in [0.717, 1.165) is 11.1 Å². The summed E-state index contributed by atoms with van der Waals surface area (Å²) in [6.07, 6.45) is 0. The summed E-state index contributed by atoms with van der Waals surface area (Å²) in [4.78, 5) is 11.9. The molecule has 5 heteroatoms. The summed E-state index contributed by atoms with van der Waals surface area (Å²) in [6.45, 7) is 0.874. The number of carbonyl (C=O) groups excluding carboxylic acids is 1. The van der Waals surface area contributed by atoms with Gasteiger partial charge in [0.1, 0.15) is 5.82 Å². The molecule has 104 valence electrons. The molecule has 0 bridgehead atoms. The highest BCUT2D eigenvalue weighted by molar-refractivity contribution is 6.31. The van der Waals surface area contributed by atoms with Crippen molar-refractivity contribution in [1.29, 1.82) is 0 Å². The molecule has 3 nitrogen and oxygen atoms in total. The van der Waals surface area contributed by atoms with Crippen LogP contribution in [0.4, 0.5) is 4.39 Å². The lowest BCUT2D eigenvalue weighted by molar-refractivity contribution is 0.0951. The topological polar surface area (TPSA) is 55.1 Å². The molecule has 0 unspecified atom stereocenters. The molecule has 20 heavy (non-hydrogen) atoms. The molecule has 1 amide bonds. The van der Waals surface area contributed by atoms with Gasteiger partial charge in [-0.25, -0.2) is 4.39 Å². The molecular formula is C15H14ClFN2O. The number of halogens is 2. The van der Waals surface area contributed by atoms with Crippen molar-refractivity contribution in [1.82, 2.24) is 5.32 Å². The predicted molar refractivity (Wildman–Crippen MR) is 76.9 cm³/mol. The van der Waals surface area contributed by atoms with Crippen LogP contribution < -0.4 is 11.1 Å². The molecule has 2 rings (SSSR count). The van der Waals surface area contributed by atoms with E-state index in [1.807, 2.05) is 24.3 Å². The molecule has 0 saturated heterocycles. The van der Waals surface area contributed by atoms with Crippen LogP contribution >= 0.6 is 11.6 Å². The molecule has 0 fully saturated rings. The maximum absolute atomic E-state index is 13.0. The van der Waals surface area contributed by atoms with Crippen LogP contribution in [0, 0.1) is 5.82 Å². The Morgan fingerprint density at radius 1 is 1.15 bits per heavy atom. The van der Waals surface area contributed by atoms with Crippen LogP contribution in [0.2, 0.25) is 5.02 Å². The van der Waals surface area contributed by atoms with Gasteiger partial charge in [-0.2, -0.15) is 0 Å². The lowest BCUT2D eigenvalue weighted by Gasteiger charge is -2.07. The summed E-state index contributed by atoms with van der Waals surface area (Å²) in [5.41, 5.74) is 7.83. The standard InChI is InChI=1S/C15H14ClFN2O/c16-13-7-12(5-6-14(13)17)15(20)19-9-11-3-1-10(8-18)2-4-11/h1-7H,8-9,18H2,(H,19,20). The second kappa shape index (κ2) is 6.50. The number of hydrogen-bond acceptors (Lipinski definition) is 2. The second-order valence-corrected chi connectivity index (χ2v) is 4.74. The summed E-state index contributed by atoms with van der Waals surface area (Å²) in [7, 11) is 0. The zero-order valence-electron chi connectivity index (χ0n) is 10.7. The molecular weight excluding hydrogens is 279 g/mol. The summed E-state index contributed by atoms with van der Waals surface area (Å²) in [6, 6.07) is 11.5. The Bertz CT molecular complexity index is 614. The van der Waals surface area contributed by atoms with Gasteiger partial charge < -0.3 is 11.1 Å². The van der Waals surface area contributed by atoms with E-state index in [1.165, 1.54) is 18.2 Å². The Balaban J connectivity index is 1.98. The van der Waals surface area contributed by atoms with Crippen LogP contribution in [0.15, 0.2) is 42.5 Å². The number of benzene rings is 2. The van der Waals surface area contributed by atoms with Crippen molar-refractivity contribution >= 4 is 17.5 Å². The molecule has 0 atom stereocenters. The number of amides is 1. The van der Waals surface area contributed by atoms with Crippen LogP contribution in [0.25, 0.3) is 0 Å². The first-order valence-electron chi connectivity index (χ1n) is 6.11. The number of carbonyl (C=O) groups is 1. The molecule has 0 aromatic heterocycles. The molecule has 3 N–H and O–H groups in total. The number of nitrogens with one attached hydrogen (secondary N) is 1. The highest BCUT2D eigenvalue weighted by Gasteiger charge is 2.08. The smallest absolute Gasteiger partial charge is 0.251 e. The van der Waals surface area contributed by atoms with Crippen LogP contribution in [0.1, 0.15) is 21.5 Å². The van der Waals surface area contributed by atoms with Crippen molar-refractivity contribution < 1.29 is 9.18 Å². The maximum atomic E-state index is 13.0. The van der Waals surface area contributed by atoms with Gasteiger partial charge in [0, 0.05) is 18.7 Å². The quantitative estimate of drug-likeness (QED) is 0.910. The monoisotopic (exact) mass is 292 g/mol. The van der Waals surface area contributed by atoms with Gasteiger partial charge in [0.25, 0.3) is 5.91 Å². The lowest BCUT2D eigenvalue weighted by atomic mass is 10.1. The van der Waals surface area contributed by atoms with E-state index in [4.69, 9.17) is 17.3 Å². The average Bonchev–Trinajstić information content (AvgIpc) is 2.48. The summed E-state index contributed by atoms with van der Waals surface area (Å²) in [5, 5.41) is 2.68. The zero-order valence-corrected chi connectivity index (χ0v) is 11.5. The van der Waals surface area contributed by atoms with Gasteiger partial charge >= 0.3 is 0 Å². The van der Waals surface area contributed by atoms with E-state index in [-0.39, 0.29) is 10.9 Å². The number of hydrogen-bond donors (Lipinski definition) is 2. The molecule has 0 aliphatic rings. The van der Waals surface area contributed by atoms with Crippen molar-refractivity contribution in [2.24, 2.45) is 5.73 Å². The Kier molecular flexibility index (Phi) is 4.71. The van der Waals surface area contributed by atoms with Gasteiger partial charge in [0.05, 0.1) is 5.02 Å². The molecule has 0 saturated carbocycles. The molecule has 2 aromatic rings. The number of rotatable bonds is 4. The molecule has 0 spiro atoms.